The molecule has 0 aromatic heterocycles. The van der Waals surface area contributed by atoms with Crippen molar-refractivity contribution in [3.8, 4) is 0 Å². The van der Waals surface area contributed by atoms with E-state index < -0.39 is 0 Å². The number of carbonyl (C=O) groups is 2. The lowest BCUT2D eigenvalue weighted by atomic mass is 10.2. The minimum Gasteiger partial charge on any atom is -0.367 e. The van der Waals surface area contributed by atoms with Crippen molar-refractivity contribution >= 4 is 34.8 Å². The summed E-state index contributed by atoms with van der Waals surface area (Å²) in [7, 11) is 0. The van der Waals surface area contributed by atoms with Gasteiger partial charge in [0.2, 0.25) is 5.91 Å². The molecule has 2 amide bonds. The van der Waals surface area contributed by atoms with E-state index in [1.807, 2.05) is 17.9 Å². The zero-order valence-corrected chi connectivity index (χ0v) is 15.8. The van der Waals surface area contributed by atoms with Crippen LogP contribution in [0, 0.1) is 5.82 Å². The van der Waals surface area contributed by atoms with Gasteiger partial charge in [-0.2, -0.15) is 0 Å². The van der Waals surface area contributed by atoms with Crippen LogP contribution in [0.5, 0.6) is 0 Å². The number of amides is 2. The molecule has 0 aliphatic carbocycles. The second-order valence-electron chi connectivity index (χ2n) is 6.35. The number of piperazine rings is 1. The normalized spacial score (nSPS) is 14.2. The Kier molecular flexibility index (Phi) is 5.96. The van der Waals surface area contributed by atoms with Gasteiger partial charge in [0.15, 0.2) is 0 Å². The van der Waals surface area contributed by atoms with Crippen molar-refractivity contribution in [1.29, 1.82) is 0 Å². The summed E-state index contributed by atoms with van der Waals surface area (Å²) in [5, 5.41) is 3.29. The van der Waals surface area contributed by atoms with Crippen LogP contribution in [0.25, 0.3) is 0 Å². The van der Waals surface area contributed by atoms with Crippen molar-refractivity contribution in [2.75, 3.05) is 36.4 Å². The molecule has 1 heterocycles. The van der Waals surface area contributed by atoms with Crippen molar-refractivity contribution in [2.24, 2.45) is 0 Å². The Morgan fingerprint density at radius 2 is 1.74 bits per heavy atom. The minimum atomic E-state index is -0.389. The number of anilines is 2. The number of rotatable bonds is 4. The number of carbonyl (C=O) groups excluding carboxylic acids is 2. The number of halogens is 2. The smallest absolute Gasteiger partial charge is 0.255 e. The summed E-state index contributed by atoms with van der Waals surface area (Å²) in [5.41, 5.74) is 1.81. The Morgan fingerprint density at radius 3 is 2.33 bits per heavy atom. The Hall–Kier alpha value is -2.60. The molecular formula is C20H21ClFN3O2. The van der Waals surface area contributed by atoms with E-state index in [4.69, 9.17) is 11.6 Å². The maximum Gasteiger partial charge on any atom is 0.255 e. The monoisotopic (exact) mass is 389 g/mol. The molecule has 1 aliphatic rings. The number of nitrogens with zero attached hydrogens (tertiary/aromatic N) is 2. The lowest BCUT2D eigenvalue weighted by Crippen LogP contribution is -2.48. The SMILES string of the molecule is CCC(=O)N1CCN(c2ccc(NC(=O)c3ccc(F)cc3)cc2Cl)CC1. The third kappa shape index (κ3) is 4.57. The van der Waals surface area contributed by atoms with E-state index in [-0.39, 0.29) is 17.6 Å². The molecule has 0 radical (unpaired) electrons. The molecule has 0 saturated carbocycles. The molecule has 0 atom stereocenters. The highest BCUT2D eigenvalue weighted by molar-refractivity contribution is 6.33. The average Bonchev–Trinajstić information content (AvgIpc) is 2.68. The lowest BCUT2D eigenvalue weighted by molar-refractivity contribution is -0.131. The minimum absolute atomic E-state index is 0.166. The second kappa shape index (κ2) is 8.39. The van der Waals surface area contributed by atoms with Crippen molar-refractivity contribution in [3.63, 3.8) is 0 Å². The predicted molar refractivity (Wildman–Crippen MR) is 105 cm³/mol. The predicted octanol–water partition coefficient (Wildman–Crippen LogP) is 3.79. The van der Waals surface area contributed by atoms with Crippen molar-refractivity contribution in [1.82, 2.24) is 4.90 Å². The number of hydrogen-bond donors (Lipinski definition) is 1. The van der Waals surface area contributed by atoms with Crippen LogP contribution in [-0.2, 0) is 4.79 Å². The standard InChI is InChI=1S/C20H21ClFN3O2/c1-2-19(26)25-11-9-24(10-12-25)18-8-7-16(13-17(18)21)23-20(27)14-3-5-15(22)6-4-14/h3-8,13H,2,9-12H2,1H3,(H,23,27). The lowest BCUT2D eigenvalue weighted by Gasteiger charge is -2.36. The molecule has 2 aromatic carbocycles. The average molecular weight is 390 g/mol. The zero-order valence-electron chi connectivity index (χ0n) is 15.0. The molecule has 7 heteroatoms. The maximum absolute atomic E-state index is 13.0. The fourth-order valence-electron chi connectivity index (χ4n) is 3.07. The van der Waals surface area contributed by atoms with Gasteiger partial charge < -0.3 is 15.1 Å². The van der Waals surface area contributed by atoms with Crippen LogP contribution in [0.15, 0.2) is 42.5 Å². The van der Waals surface area contributed by atoms with Gasteiger partial charge >= 0.3 is 0 Å². The van der Waals surface area contributed by atoms with E-state index in [1.165, 1.54) is 24.3 Å². The first-order valence-corrected chi connectivity index (χ1v) is 9.25. The summed E-state index contributed by atoms with van der Waals surface area (Å²) >= 11 is 6.42. The highest BCUT2D eigenvalue weighted by Crippen LogP contribution is 2.30. The quantitative estimate of drug-likeness (QED) is 0.865. The van der Waals surface area contributed by atoms with Crippen LogP contribution >= 0.6 is 11.6 Å². The van der Waals surface area contributed by atoms with E-state index in [2.05, 4.69) is 10.2 Å². The summed E-state index contributed by atoms with van der Waals surface area (Å²) < 4.78 is 13.0. The molecule has 0 unspecified atom stereocenters. The number of nitrogens with one attached hydrogen (secondary N) is 1. The molecule has 2 aromatic rings. The molecular weight excluding hydrogens is 369 g/mol. The van der Waals surface area contributed by atoms with Crippen LogP contribution in [0.4, 0.5) is 15.8 Å². The molecule has 0 bridgehead atoms. The molecule has 1 aliphatic heterocycles. The Labute approximate surface area is 162 Å². The Morgan fingerprint density at radius 1 is 1.07 bits per heavy atom. The molecule has 0 spiro atoms. The molecule has 142 valence electrons. The number of hydrogen-bond acceptors (Lipinski definition) is 3. The van der Waals surface area contributed by atoms with Gasteiger partial charge in [-0.25, -0.2) is 4.39 Å². The van der Waals surface area contributed by atoms with Crippen LogP contribution < -0.4 is 10.2 Å². The van der Waals surface area contributed by atoms with E-state index in [0.29, 0.717) is 48.9 Å². The first-order chi connectivity index (χ1) is 13.0. The third-order valence-corrected chi connectivity index (χ3v) is 4.89. The number of benzene rings is 2. The van der Waals surface area contributed by atoms with Gasteiger partial charge in [-0.1, -0.05) is 18.5 Å². The van der Waals surface area contributed by atoms with Crippen molar-refractivity contribution < 1.29 is 14.0 Å². The summed E-state index contributed by atoms with van der Waals surface area (Å²) in [6.45, 7) is 4.64. The largest absolute Gasteiger partial charge is 0.367 e. The van der Waals surface area contributed by atoms with Gasteiger partial charge in [0.25, 0.3) is 5.91 Å². The fraction of sp³-hybridized carbons (Fsp3) is 0.300. The molecule has 3 rings (SSSR count). The molecule has 27 heavy (non-hydrogen) atoms. The second-order valence-corrected chi connectivity index (χ2v) is 6.76. The summed E-state index contributed by atoms with van der Waals surface area (Å²) in [6.07, 6.45) is 0.517. The first kappa shape index (κ1) is 19.2. The van der Waals surface area contributed by atoms with Crippen molar-refractivity contribution in [2.45, 2.75) is 13.3 Å². The van der Waals surface area contributed by atoms with Crippen LogP contribution in [0.2, 0.25) is 5.02 Å². The zero-order chi connectivity index (χ0) is 19.4. The third-order valence-electron chi connectivity index (χ3n) is 4.59. The van der Waals surface area contributed by atoms with Gasteiger partial charge in [-0.3, -0.25) is 9.59 Å². The van der Waals surface area contributed by atoms with Crippen molar-refractivity contribution in [3.05, 3.63) is 58.9 Å². The highest BCUT2D eigenvalue weighted by atomic mass is 35.5. The van der Waals surface area contributed by atoms with Gasteiger partial charge in [0.05, 0.1) is 10.7 Å². The van der Waals surface area contributed by atoms with Gasteiger partial charge in [-0.05, 0) is 42.5 Å². The van der Waals surface area contributed by atoms with Crippen LogP contribution in [0.1, 0.15) is 23.7 Å². The highest BCUT2D eigenvalue weighted by Gasteiger charge is 2.21. The fourth-order valence-corrected chi connectivity index (χ4v) is 3.37. The van der Waals surface area contributed by atoms with E-state index >= 15 is 0 Å². The first-order valence-electron chi connectivity index (χ1n) is 8.87. The topological polar surface area (TPSA) is 52.7 Å². The molecule has 1 fully saturated rings. The molecule has 1 N–H and O–H groups in total. The van der Waals surface area contributed by atoms with Crippen LogP contribution in [-0.4, -0.2) is 42.9 Å². The van der Waals surface area contributed by atoms with E-state index in [1.54, 1.807) is 12.1 Å². The van der Waals surface area contributed by atoms with E-state index in [0.717, 1.165) is 5.69 Å². The van der Waals surface area contributed by atoms with Crippen LogP contribution in [0.3, 0.4) is 0 Å². The summed E-state index contributed by atoms with van der Waals surface area (Å²) in [5.74, 6) is -0.551. The van der Waals surface area contributed by atoms with Gasteiger partial charge in [0.1, 0.15) is 5.82 Å². The van der Waals surface area contributed by atoms with Gasteiger partial charge in [0, 0.05) is 43.9 Å². The Balaban J connectivity index is 1.65. The van der Waals surface area contributed by atoms with Gasteiger partial charge in [-0.15, -0.1) is 0 Å². The molecule has 1 saturated heterocycles. The summed E-state index contributed by atoms with van der Waals surface area (Å²) in [4.78, 5) is 28.0. The van der Waals surface area contributed by atoms with E-state index in [9.17, 15) is 14.0 Å². The Bertz CT molecular complexity index is 834. The maximum atomic E-state index is 13.0. The molecule has 5 nitrogen and oxygen atoms in total. The summed E-state index contributed by atoms with van der Waals surface area (Å²) in [6, 6.07) is 10.7.